The highest BCUT2D eigenvalue weighted by Gasteiger charge is 2.28. The highest BCUT2D eigenvalue weighted by molar-refractivity contribution is 6.39. The number of aromatic nitrogens is 1. The lowest BCUT2D eigenvalue weighted by Crippen LogP contribution is -2.00. The number of rotatable bonds is 1. The fourth-order valence-electron chi connectivity index (χ4n) is 2.10. The SMILES string of the molecule is NC1=C(c2cccnc2)C(=O)c2ccccc21. The number of nitrogens with two attached hydrogens (primary N) is 1. The van der Waals surface area contributed by atoms with Crippen LogP contribution in [0, 0.1) is 0 Å². The zero-order valence-corrected chi connectivity index (χ0v) is 9.05. The maximum Gasteiger partial charge on any atom is 0.196 e. The van der Waals surface area contributed by atoms with E-state index >= 15 is 0 Å². The molecule has 0 saturated carbocycles. The van der Waals surface area contributed by atoms with Gasteiger partial charge in [0.05, 0.1) is 11.3 Å². The molecule has 0 spiro atoms. The van der Waals surface area contributed by atoms with Crippen molar-refractivity contribution in [1.82, 2.24) is 4.98 Å². The van der Waals surface area contributed by atoms with Crippen molar-refractivity contribution in [1.29, 1.82) is 0 Å². The monoisotopic (exact) mass is 222 g/mol. The van der Waals surface area contributed by atoms with Crippen LogP contribution in [0.4, 0.5) is 0 Å². The number of hydrogen-bond acceptors (Lipinski definition) is 3. The fraction of sp³-hybridized carbons (Fsp3) is 0. The Hall–Kier alpha value is -2.42. The van der Waals surface area contributed by atoms with E-state index in [4.69, 9.17) is 5.73 Å². The predicted octanol–water partition coefficient (Wildman–Crippen LogP) is 2.10. The Bertz CT molecular complexity index is 630. The van der Waals surface area contributed by atoms with Crippen molar-refractivity contribution in [2.75, 3.05) is 0 Å². The summed E-state index contributed by atoms with van der Waals surface area (Å²) in [7, 11) is 0. The molecule has 0 aliphatic heterocycles. The summed E-state index contributed by atoms with van der Waals surface area (Å²) in [4.78, 5) is 16.3. The number of ketones is 1. The van der Waals surface area contributed by atoms with Gasteiger partial charge >= 0.3 is 0 Å². The van der Waals surface area contributed by atoms with E-state index in [-0.39, 0.29) is 5.78 Å². The van der Waals surface area contributed by atoms with Gasteiger partial charge < -0.3 is 5.73 Å². The van der Waals surface area contributed by atoms with Crippen molar-refractivity contribution < 1.29 is 4.79 Å². The lowest BCUT2D eigenvalue weighted by atomic mass is 10.0. The highest BCUT2D eigenvalue weighted by Crippen LogP contribution is 2.34. The zero-order chi connectivity index (χ0) is 11.8. The minimum Gasteiger partial charge on any atom is -0.398 e. The van der Waals surface area contributed by atoms with E-state index in [9.17, 15) is 4.79 Å². The van der Waals surface area contributed by atoms with Crippen molar-refractivity contribution in [3.8, 4) is 0 Å². The Labute approximate surface area is 98.6 Å². The van der Waals surface area contributed by atoms with E-state index in [1.54, 1.807) is 24.5 Å². The van der Waals surface area contributed by atoms with Crippen molar-refractivity contribution in [3.05, 3.63) is 65.5 Å². The Morgan fingerprint density at radius 1 is 1.00 bits per heavy atom. The number of fused-ring (bicyclic) bond motifs is 1. The van der Waals surface area contributed by atoms with Crippen molar-refractivity contribution in [3.63, 3.8) is 0 Å². The first-order valence-corrected chi connectivity index (χ1v) is 5.33. The number of nitrogens with zero attached hydrogens (tertiary/aromatic N) is 1. The molecule has 3 heteroatoms. The maximum absolute atomic E-state index is 12.2. The fourth-order valence-corrected chi connectivity index (χ4v) is 2.10. The summed E-state index contributed by atoms with van der Waals surface area (Å²) in [5, 5.41) is 0. The lowest BCUT2D eigenvalue weighted by molar-refractivity contribution is 0.105. The van der Waals surface area contributed by atoms with Gasteiger partial charge in [-0.3, -0.25) is 9.78 Å². The third kappa shape index (κ3) is 1.36. The summed E-state index contributed by atoms with van der Waals surface area (Å²) in [5.74, 6) is -0.0221. The second-order valence-corrected chi connectivity index (χ2v) is 3.91. The Morgan fingerprint density at radius 3 is 2.41 bits per heavy atom. The summed E-state index contributed by atoms with van der Waals surface area (Å²) in [6.45, 7) is 0. The number of hydrogen-bond donors (Lipinski definition) is 1. The largest absolute Gasteiger partial charge is 0.398 e. The van der Waals surface area contributed by atoms with Gasteiger partial charge in [-0.25, -0.2) is 0 Å². The van der Waals surface area contributed by atoms with Crippen LogP contribution in [0.15, 0.2) is 48.8 Å². The molecular formula is C14H10N2O. The molecule has 0 amide bonds. The van der Waals surface area contributed by atoms with Crippen molar-refractivity contribution >= 4 is 17.1 Å². The van der Waals surface area contributed by atoms with Crippen LogP contribution in [0.25, 0.3) is 11.3 Å². The second kappa shape index (κ2) is 3.56. The molecule has 0 saturated heterocycles. The molecule has 1 aromatic carbocycles. The van der Waals surface area contributed by atoms with Gasteiger partial charge in [-0.1, -0.05) is 30.3 Å². The number of Topliss-reactive ketones (excluding diaryl/α,β-unsaturated/α-hetero) is 1. The summed E-state index contributed by atoms with van der Waals surface area (Å²) in [6.07, 6.45) is 3.33. The minimum absolute atomic E-state index is 0.0221. The van der Waals surface area contributed by atoms with Gasteiger partial charge in [-0.15, -0.1) is 0 Å². The molecular weight excluding hydrogens is 212 g/mol. The van der Waals surface area contributed by atoms with Gasteiger partial charge in [0.1, 0.15) is 0 Å². The normalized spacial score (nSPS) is 14.0. The Morgan fingerprint density at radius 2 is 1.76 bits per heavy atom. The molecule has 1 heterocycles. The third-order valence-electron chi connectivity index (χ3n) is 2.91. The Balaban J connectivity index is 2.22. The first kappa shape index (κ1) is 9.78. The first-order valence-electron chi connectivity index (χ1n) is 5.33. The van der Waals surface area contributed by atoms with Gasteiger partial charge in [-0.2, -0.15) is 0 Å². The molecule has 17 heavy (non-hydrogen) atoms. The molecule has 0 bridgehead atoms. The topological polar surface area (TPSA) is 56.0 Å². The highest BCUT2D eigenvalue weighted by atomic mass is 16.1. The van der Waals surface area contributed by atoms with E-state index < -0.39 is 0 Å². The molecule has 1 aromatic heterocycles. The summed E-state index contributed by atoms with van der Waals surface area (Å²) in [5.41, 5.74) is 9.40. The van der Waals surface area contributed by atoms with Crippen LogP contribution in [-0.2, 0) is 0 Å². The molecule has 2 aromatic rings. The smallest absolute Gasteiger partial charge is 0.196 e. The molecule has 2 N–H and O–H groups in total. The van der Waals surface area contributed by atoms with Gasteiger partial charge in [0.15, 0.2) is 5.78 Å². The quantitative estimate of drug-likeness (QED) is 0.803. The molecule has 1 aliphatic carbocycles. The molecule has 0 unspecified atom stereocenters. The van der Waals surface area contributed by atoms with Crippen LogP contribution < -0.4 is 5.73 Å². The van der Waals surface area contributed by atoms with Crippen LogP contribution in [0.5, 0.6) is 0 Å². The molecule has 3 rings (SSSR count). The molecule has 0 atom stereocenters. The summed E-state index contributed by atoms with van der Waals surface area (Å²) in [6, 6.07) is 11.0. The number of carbonyl (C=O) groups excluding carboxylic acids is 1. The van der Waals surface area contributed by atoms with Crippen LogP contribution in [0.2, 0.25) is 0 Å². The minimum atomic E-state index is -0.0221. The molecule has 1 aliphatic rings. The zero-order valence-electron chi connectivity index (χ0n) is 9.05. The number of benzene rings is 1. The lowest BCUT2D eigenvalue weighted by Gasteiger charge is -2.01. The Kier molecular flexibility index (Phi) is 2.05. The standard InChI is InChI=1S/C14H10N2O/c15-13-10-5-1-2-6-11(10)14(17)12(13)9-4-3-7-16-8-9/h1-8H,15H2. The van der Waals surface area contributed by atoms with Gasteiger partial charge in [0.25, 0.3) is 0 Å². The summed E-state index contributed by atoms with van der Waals surface area (Å²) < 4.78 is 0. The van der Waals surface area contributed by atoms with Gasteiger partial charge in [-0.05, 0) is 6.07 Å². The number of pyridine rings is 1. The number of carbonyl (C=O) groups is 1. The number of allylic oxidation sites excluding steroid dienone is 1. The first-order chi connectivity index (χ1) is 8.29. The average Bonchev–Trinajstić information content (AvgIpc) is 2.64. The van der Waals surface area contributed by atoms with Crippen molar-refractivity contribution in [2.45, 2.75) is 0 Å². The van der Waals surface area contributed by atoms with E-state index in [0.29, 0.717) is 16.8 Å². The van der Waals surface area contributed by atoms with E-state index in [0.717, 1.165) is 11.1 Å². The van der Waals surface area contributed by atoms with Crippen LogP contribution in [0.3, 0.4) is 0 Å². The average molecular weight is 222 g/mol. The van der Waals surface area contributed by atoms with Gasteiger partial charge in [0.2, 0.25) is 0 Å². The maximum atomic E-state index is 12.2. The van der Waals surface area contributed by atoms with Gasteiger partial charge in [0, 0.05) is 29.1 Å². The van der Waals surface area contributed by atoms with E-state index in [2.05, 4.69) is 4.98 Å². The van der Waals surface area contributed by atoms with Crippen molar-refractivity contribution in [2.24, 2.45) is 5.73 Å². The summed E-state index contributed by atoms with van der Waals surface area (Å²) >= 11 is 0. The molecule has 0 fully saturated rings. The van der Waals surface area contributed by atoms with Crippen LogP contribution in [-0.4, -0.2) is 10.8 Å². The van der Waals surface area contributed by atoms with Crippen LogP contribution >= 0.6 is 0 Å². The van der Waals surface area contributed by atoms with E-state index in [1.807, 2.05) is 24.3 Å². The molecule has 82 valence electrons. The third-order valence-corrected chi connectivity index (χ3v) is 2.91. The van der Waals surface area contributed by atoms with Crippen LogP contribution in [0.1, 0.15) is 21.5 Å². The predicted molar refractivity (Wildman–Crippen MR) is 66.0 cm³/mol. The molecule has 0 radical (unpaired) electrons. The van der Waals surface area contributed by atoms with E-state index in [1.165, 1.54) is 0 Å². The second-order valence-electron chi connectivity index (χ2n) is 3.91. The molecule has 3 nitrogen and oxygen atoms in total.